The quantitative estimate of drug-likeness (QED) is 0.448. The first-order valence-corrected chi connectivity index (χ1v) is 11.3. The van der Waals surface area contributed by atoms with E-state index in [-0.39, 0.29) is 46.9 Å². The Balaban J connectivity index is 2.11. The van der Waals surface area contributed by atoms with Crippen LogP contribution in [0.2, 0.25) is 0 Å². The van der Waals surface area contributed by atoms with Crippen molar-refractivity contribution in [2.24, 2.45) is 11.8 Å². The van der Waals surface area contributed by atoms with Gasteiger partial charge >= 0.3 is 11.9 Å². The molecule has 0 saturated carbocycles. The predicted molar refractivity (Wildman–Crippen MR) is 126 cm³/mol. The topological polar surface area (TPSA) is 127 Å². The smallest absolute Gasteiger partial charge is 0.308 e. The fraction of sp³-hybridized carbons (Fsp3) is 0.423. The molecule has 2 aromatic rings. The van der Waals surface area contributed by atoms with Crippen LogP contribution in [0.3, 0.4) is 0 Å². The summed E-state index contributed by atoms with van der Waals surface area (Å²) in [6, 6.07) is 3.20. The highest BCUT2D eigenvalue weighted by Gasteiger charge is 2.51. The number of esters is 2. The van der Waals surface area contributed by atoms with Crippen LogP contribution in [0, 0.1) is 11.8 Å². The highest BCUT2D eigenvalue weighted by Crippen LogP contribution is 2.60. The first-order chi connectivity index (χ1) is 17.2. The summed E-state index contributed by atoms with van der Waals surface area (Å²) in [5.74, 6) is -2.05. The Hall–Kier alpha value is -3.79. The molecule has 0 aliphatic heterocycles. The standard InChI is InChI=1S/C26H28O10/c1-11(28)35-18-9-15-21(26(34-6)23(18)32-4)20-16(10-27)14(22(15)30)7-13-8-17(31-3)24(36-12(2)29)25(33-5)19(13)20/h8-9,14,16,20,27H,7,10H2,1-6H3/t14-,16?,20-/m0/s1. The fourth-order valence-electron chi connectivity index (χ4n) is 5.47. The summed E-state index contributed by atoms with van der Waals surface area (Å²) in [4.78, 5) is 37.4. The summed E-state index contributed by atoms with van der Waals surface area (Å²) < 4.78 is 33.3. The molecular weight excluding hydrogens is 472 g/mol. The normalized spacial score (nSPS) is 19.5. The van der Waals surface area contributed by atoms with Gasteiger partial charge in [0.05, 0.1) is 28.4 Å². The van der Waals surface area contributed by atoms with Gasteiger partial charge in [0.2, 0.25) is 11.5 Å². The number of aliphatic hydroxyl groups is 1. The molecule has 0 amide bonds. The van der Waals surface area contributed by atoms with Gasteiger partial charge in [-0.1, -0.05) is 0 Å². The molecule has 1 N–H and O–H groups in total. The van der Waals surface area contributed by atoms with Crippen molar-refractivity contribution in [3.05, 3.63) is 34.4 Å². The van der Waals surface area contributed by atoms with Crippen molar-refractivity contribution in [1.29, 1.82) is 0 Å². The average Bonchev–Trinajstić information content (AvgIpc) is 2.84. The lowest BCUT2D eigenvalue weighted by Gasteiger charge is -2.44. The van der Waals surface area contributed by atoms with Crippen LogP contribution >= 0.6 is 0 Å². The summed E-state index contributed by atoms with van der Waals surface area (Å²) in [5, 5.41) is 10.5. The van der Waals surface area contributed by atoms with Gasteiger partial charge in [-0.25, -0.2) is 0 Å². The van der Waals surface area contributed by atoms with Crippen LogP contribution in [0.1, 0.15) is 46.8 Å². The third-order valence-electron chi connectivity index (χ3n) is 6.72. The van der Waals surface area contributed by atoms with Crippen molar-refractivity contribution < 1.29 is 47.9 Å². The molecule has 2 aliphatic rings. The minimum absolute atomic E-state index is 0.0528. The molecular formula is C26H28O10. The Morgan fingerprint density at radius 2 is 1.44 bits per heavy atom. The number of hydrogen-bond acceptors (Lipinski definition) is 10. The maximum Gasteiger partial charge on any atom is 0.308 e. The maximum absolute atomic E-state index is 13.8. The summed E-state index contributed by atoms with van der Waals surface area (Å²) in [6.07, 6.45) is 0.291. The molecule has 0 heterocycles. The number of methoxy groups -OCH3 is 4. The Kier molecular flexibility index (Phi) is 6.81. The molecule has 0 radical (unpaired) electrons. The number of aliphatic hydroxyl groups excluding tert-OH is 1. The molecule has 4 rings (SSSR count). The molecule has 0 saturated heterocycles. The zero-order valence-electron chi connectivity index (χ0n) is 20.9. The van der Waals surface area contributed by atoms with Crippen molar-refractivity contribution in [2.75, 3.05) is 35.0 Å². The highest BCUT2D eigenvalue weighted by atomic mass is 16.6. The third kappa shape index (κ3) is 3.81. The van der Waals surface area contributed by atoms with E-state index in [1.54, 1.807) is 6.07 Å². The number of ether oxygens (including phenoxy) is 6. The van der Waals surface area contributed by atoms with Gasteiger partial charge in [0.15, 0.2) is 28.8 Å². The number of carbonyl (C=O) groups excluding carboxylic acids is 3. The lowest BCUT2D eigenvalue weighted by atomic mass is 9.59. The Bertz CT molecular complexity index is 1250. The Morgan fingerprint density at radius 3 is 1.97 bits per heavy atom. The summed E-state index contributed by atoms with van der Waals surface area (Å²) >= 11 is 0. The molecule has 0 spiro atoms. The van der Waals surface area contributed by atoms with E-state index < -0.39 is 29.7 Å². The lowest BCUT2D eigenvalue weighted by molar-refractivity contribution is -0.133. The van der Waals surface area contributed by atoms with E-state index in [0.29, 0.717) is 23.1 Å². The van der Waals surface area contributed by atoms with E-state index in [1.807, 2.05) is 0 Å². The van der Waals surface area contributed by atoms with Crippen LogP contribution in [0.4, 0.5) is 0 Å². The molecule has 3 atom stereocenters. The Labute approximate surface area is 208 Å². The second-order valence-electron chi connectivity index (χ2n) is 8.60. The number of benzene rings is 2. The molecule has 192 valence electrons. The number of fused-ring (bicyclic) bond motifs is 6. The Morgan fingerprint density at radius 1 is 0.833 bits per heavy atom. The van der Waals surface area contributed by atoms with Crippen LogP contribution < -0.4 is 28.4 Å². The molecule has 2 aliphatic carbocycles. The number of ketones is 1. The lowest BCUT2D eigenvalue weighted by Crippen LogP contribution is -2.42. The molecule has 10 nitrogen and oxygen atoms in total. The van der Waals surface area contributed by atoms with Gasteiger partial charge < -0.3 is 33.5 Å². The van der Waals surface area contributed by atoms with Crippen LogP contribution in [0.25, 0.3) is 0 Å². The van der Waals surface area contributed by atoms with Crippen molar-refractivity contribution in [3.63, 3.8) is 0 Å². The van der Waals surface area contributed by atoms with Gasteiger partial charge in [-0.3, -0.25) is 14.4 Å². The van der Waals surface area contributed by atoms with Crippen molar-refractivity contribution in [1.82, 2.24) is 0 Å². The van der Waals surface area contributed by atoms with E-state index in [1.165, 1.54) is 48.4 Å². The maximum atomic E-state index is 13.8. The molecule has 36 heavy (non-hydrogen) atoms. The van der Waals surface area contributed by atoms with Gasteiger partial charge in [0.1, 0.15) is 0 Å². The highest BCUT2D eigenvalue weighted by molar-refractivity contribution is 6.04. The largest absolute Gasteiger partial charge is 0.493 e. The van der Waals surface area contributed by atoms with E-state index in [4.69, 9.17) is 28.4 Å². The molecule has 0 fully saturated rings. The zero-order chi connectivity index (χ0) is 26.3. The zero-order valence-corrected chi connectivity index (χ0v) is 20.9. The number of rotatable bonds is 7. The number of hydrogen-bond donors (Lipinski definition) is 1. The van der Waals surface area contributed by atoms with E-state index >= 15 is 0 Å². The van der Waals surface area contributed by atoms with Crippen molar-refractivity contribution in [2.45, 2.75) is 26.2 Å². The summed E-state index contributed by atoms with van der Waals surface area (Å²) in [5.41, 5.74) is 2.15. The molecule has 10 heteroatoms. The SMILES string of the molecule is COc1cc2c(c(OC)c1OC(C)=O)[C@H]1c3c(cc(OC(C)=O)c(OC)c3OC)C(=O)[C@@H](C2)C1CO. The van der Waals surface area contributed by atoms with Gasteiger partial charge in [-0.2, -0.15) is 0 Å². The molecule has 2 bridgehead atoms. The van der Waals surface area contributed by atoms with E-state index in [9.17, 15) is 19.5 Å². The van der Waals surface area contributed by atoms with Crippen molar-refractivity contribution >= 4 is 17.7 Å². The number of carbonyl (C=O) groups is 3. The number of Topliss-reactive ketones (excluding diaryl/α,β-unsaturated/α-hetero) is 1. The van der Waals surface area contributed by atoms with Crippen LogP contribution in [-0.4, -0.2) is 57.9 Å². The van der Waals surface area contributed by atoms with Gasteiger partial charge in [0, 0.05) is 54.9 Å². The van der Waals surface area contributed by atoms with Crippen LogP contribution in [-0.2, 0) is 16.0 Å². The van der Waals surface area contributed by atoms with Gasteiger partial charge in [-0.15, -0.1) is 0 Å². The first kappa shape index (κ1) is 25.3. The van der Waals surface area contributed by atoms with Gasteiger partial charge in [0.25, 0.3) is 0 Å². The van der Waals surface area contributed by atoms with E-state index in [0.717, 1.165) is 5.56 Å². The van der Waals surface area contributed by atoms with Crippen molar-refractivity contribution in [3.8, 4) is 34.5 Å². The first-order valence-electron chi connectivity index (χ1n) is 11.3. The summed E-state index contributed by atoms with van der Waals surface area (Å²) in [7, 11) is 5.70. The second-order valence-corrected chi connectivity index (χ2v) is 8.60. The van der Waals surface area contributed by atoms with E-state index in [2.05, 4.69) is 0 Å². The molecule has 1 unspecified atom stereocenters. The monoisotopic (exact) mass is 500 g/mol. The minimum atomic E-state index is -0.596. The molecule has 2 aromatic carbocycles. The fourth-order valence-corrected chi connectivity index (χ4v) is 5.47. The third-order valence-corrected chi connectivity index (χ3v) is 6.72. The molecule has 0 aromatic heterocycles. The van der Waals surface area contributed by atoms with Gasteiger partial charge in [-0.05, 0) is 24.1 Å². The van der Waals surface area contributed by atoms with Crippen LogP contribution in [0.5, 0.6) is 34.5 Å². The average molecular weight is 501 g/mol. The van der Waals surface area contributed by atoms with Crippen LogP contribution in [0.15, 0.2) is 12.1 Å². The minimum Gasteiger partial charge on any atom is -0.493 e. The second kappa shape index (κ2) is 9.69. The summed E-state index contributed by atoms with van der Waals surface area (Å²) in [6.45, 7) is 2.22. The predicted octanol–water partition coefficient (Wildman–Crippen LogP) is 2.68.